The summed E-state index contributed by atoms with van der Waals surface area (Å²) in [5.41, 5.74) is 18.9. The van der Waals surface area contributed by atoms with Gasteiger partial charge in [-0.25, -0.2) is 0 Å². The van der Waals surface area contributed by atoms with Gasteiger partial charge in [0.1, 0.15) is 0 Å². The largest absolute Gasteiger partial charge is 0.310 e. The molecule has 1 atom stereocenters. The van der Waals surface area contributed by atoms with Crippen LogP contribution >= 0.6 is 0 Å². The van der Waals surface area contributed by atoms with Gasteiger partial charge in [0.2, 0.25) is 0 Å². The Morgan fingerprint density at radius 1 is 0.313 bits per heavy atom. The molecule has 0 saturated heterocycles. The Morgan fingerprint density at radius 2 is 0.896 bits per heavy atom. The summed E-state index contributed by atoms with van der Waals surface area (Å²) < 4.78 is 2.43. The molecule has 0 bridgehead atoms. The van der Waals surface area contributed by atoms with Gasteiger partial charge in [0.05, 0.1) is 22.1 Å². The number of aromatic nitrogens is 1. The molecule has 1 unspecified atom stereocenters. The van der Waals surface area contributed by atoms with Crippen LogP contribution in [0.25, 0.3) is 71.6 Å². The number of para-hydroxylation sites is 2. The number of anilines is 3. The first kappa shape index (κ1) is 38.7. The average Bonchev–Trinajstić information content (AvgIpc) is 3.90. The van der Waals surface area contributed by atoms with Crippen LogP contribution in [-0.4, -0.2) is 4.57 Å². The summed E-state index contributed by atoms with van der Waals surface area (Å²) >= 11 is 0. The third-order valence-corrected chi connectivity index (χ3v) is 14.1. The number of hydrogen-bond acceptors (Lipinski definition) is 1. The first-order chi connectivity index (χ1) is 33.2. The molecule has 11 aromatic carbocycles. The van der Waals surface area contributed by atoms with Gasteiger partial charge in [-0.05, 0) is 122 Å². The summed E-state index contributed by atoms with van der Waals surface area (Å²) in [5.74, 6) is 0. The number of benzene rings is 11. The molecule has 1 aromatic heterocycles. The summed E-state index contributed by atoms with van der Waals surface area (Å²) in [4.78, 5) is 2.39. The first-order valence-corrected chi connectivity index (χ1v) is 23.2. The fourth-order valence-corrected chi connectivity index (χ4v) is 11.1. The first-order valence-electron chi connectivity index (χ1n) is 23.2. The SMILES string of the molecule is c1ccc(-c2cccc(C3(c4ccccc4)c4ccccc4-c4cc(-c5ccc(-n6c7ccccc7c7ccc(N(c8ccccc8)c8cccc9ccccc89)cc76)cc5)ccc43)c2)cc1. The van der Waals surface area contributed by atoms with E-state index < -0.39 is 5.41 Å². The average molecular weight is 853 g/mol. The van der Waals surface area contributed by atoms with E-state index in [1.165, 1.54) is 82.7 Å². The van der Waals surface area contributed by atoms with E-state index in [0.717, 1.165) is 28.3 Å². The van der Waals surface area contributed by atoms with Crippen LogP contribution in [0.2, 0.25) is 0 Å². The Labute approximate surface area is 390 Å². The lowest BCUT2D eigenvalue weighted by Crippen LogP contribution is -2.28. The number of hydrogen-bond donors (Lipinski definition) is 0. The molecule has 1 heterocycles. The zero-order valence-electron chi connectivity index (χ0n) is 36.8. The molecule has 1 aliphatic rings. The number of rotatable bonds is 8. The maximum atomic E-state index is 2.43. The summed E-state index contributed by atoms with van der Waals surface area (Å²) in [6.07, 6.45) is 0. The standard InChI is InChI=1S/C65H44N2/c1-4-18-45(19-5-1)48-22-16-25-51(42-48)65(50-23-6-2-7-24-50)60-31-14-12-29-56(60)59-43-49(36-41-61(59)65)46-34-37-53(38-35-46)67-63-32-15-13-30-57(63)58-40-39-54(44-64(58)67)66(52-26-8-3-9-27-52)62-33-17-21-47-20-10-11-28-55(47)62/h1-44H. The second-order valence-electron chi connectivity index (χ2n) is 17.6. The fourth-order valence-electron chi connectivity index (χ4n) is 11.1. The lowest BCUT2D eigenvalue weighted by Gasteiger charge is -2.34. The Kier molecular flexibility index (Phi) is 9.11. The van der Waals surface area contributed by atoms with Gasteiger partial charge < -0.3 is 9.47 Å². The summed E-state index contributed by atoms with van der Waals surface area (Å²) in [5, 5.41) is 4.89. The van der Waals surface area contributed by atoms with E-state index in [4.69, 9.17) is 0 Å². The number of fused-ring (bicyclic) bond motifs is 7. The van der Waals surface area contributed by atoms with Gasteiger partial charge in [-0.3, -0.25) is 0 Å². The molecule has 2 heteroatoms. The smallest absolute Gasteiger partial charge is 0.0713 e. The van der Waals surface area contributed by atoms with E-state index in [1.54, 1.807) is 0 Å². The van der Waals surface area contributed by atoms with Gasteiger partial charge >= 0.3 is 0 Å². The van der Waals surface area contributed by atoms with Gasteiger partial charge in [-0.15, -0.1) is 0 Å². The highest BCUT2D eigenvalue weighted by Crippen LogP contribution is 2.57. The second-order valence-corrected chi connectivity index (χ2v) is 17.6. The van der Waals surface area contributed by atoms with Crippen molar-refractivity contribution in [1.82, 2.24) is 4.57 Å². The third-order valence-electron chi connectivity index (χ3n) is 14.1. The molecular formula is C65H44N2. The highest BCUT2D eigenvalue weighted by Gasteiger charge is 2.46. The van der Waals surface area contributed by atoms with Gasteiger partial charge in [0, 0.05) is 33.2 Å². The van der Waals surface area contributed by atoms with Gasteiger partial charge in [0.25, 0.3) is 0 Å². The van der Waals surface area contributed by atoms with Crippen LogP contribution in [0.1, 0.15) is 22.3 Å². The molecule has 2 nitrogen and oxygen atoms in total. The minimum absolute atomic E-state index is 0.487. The normalized spacial score (nSPS) is 14.0. The van der Waals surface area contributed by atoms with Crippen LogP contribution < -0.4 is 4.90 Å². The van der Waals surface area contributed by atoms with Crippen LogP contribution in [0.3, 0.4) is 0 Å². The van der Waals surface area contributed by atoms with E-state index in [2.05, 4.69) is 276 Å². The zero-order valence-corrected chi connectivity index (χ0v) is 36.8. The van der Waals surface area contributed by atoms with E-state index in [-0.39, 0.29) is 0 Å². The molecule has 0 saturated carbocycles. The minimum Gasteiger partial charge on any atom is -0.310 e. The Balaban J connectivity index is 0.939. The molecule has 0 radical (unpaired) electrons. The highest BCUT2D eigenvalue weighted by atomic mass is 15.1. The quantitative estimate of drug-likeness (QED) is 0.148. The predicted octanol–water partition coefficient (Wildman–Crippen LogP) is 17.1. The van der Waals surface area contributed by atoms with Crippen LogP contribution in [0, 0.1) is 0 Å². The summed E-state index contributed by atoms with van der Waals surface area (Å²) in [6.45, 7) is 0. The van der Waals surface area contributed by atoms with E-state index in [1.807, 2.05) is 0 Å². The van der Waals surface area contributed by atoms with E-state index >= 15 is 0 Å². The van der Waals surface area contributed by atoms with E-state index in [0.29, 0.717) is 0 Å². The molecule has 0 fully saturated rings. The molecular weight excluding hydrogens is 809 g/mol. The van der Waals surface area contributed by atoms with Crippen molar-refractivity contribution in [3.8, 4) is 39.1 Å². The maximum absolute atomic E-state index is 2.43. The molecule has 0 spiro atoms. The fraction of sp³-hybridized carbons (Fsp3) is 0.0154. The Hall–Kier alpha value is -8.72. The minimum atomic E-state index is -0.487. The second kappa shape index (κ2) is 15.8. The van der Waals surface area contributed by atoms with Gasteiger partial charge in [0.15, 0.2) is 0 Å². The topological polar surface area (TPSA) is 8.17 Å². The highest BCUT2D eigenvalue weighted by molar-refractivity contribution is 6.11. The molecule has 314 valence electrons. The third kappa shape index (κ3) is 6.18. The molecule has 0 amide bonds. The summed E-state index contributed by atoms with van der Waals surface area (Å²) in [7, 11) is 0. The van der Waals surface area contributed by atoms with Crippen LogP contribution in [0.5, 0.6) is 0 Å². The van der Waals surface area contributed by atoms with Crippen molar-refractivity contribution >= 4 is 49.6 Å². The van der Waals surface area contributed by atoms with Crippen molar-refractivity contribution in [2.24, 2.45) is 0 Å². The molecule has 67 heavy (non-hydrogen) atoms. The van der Waals surface area contributed by atoms with Crippen LogP contribution in [0.15, 0.2) is 267 Å². The maximum Gasteiger partial charge on any atom is 0.0713 e. The van der Waals surface area contributed by atoms with Crippen molar-refractivity contribution in [3.05, 3.63) is 289 Å². The van der Waals surface area contributed by atoms with Gasteiger partial charge in [-0.2, -0.15) is 0 Å². The molecule has 0 N–H and O–H groups in total. The number of nitrogens with zero attached hydrogens (tertiary/aromatic N) is 2. The van der Waals surface area contributed by atoms with Gasteiger partial charge in [-0.1, -0.05) is 206 Å². The van der Waals surface area contributed by atoms with Crippen LogP contribution in [-0.2, 0) is 5.41 Å². The van der Waals surface area contributed by atoms with Crippen molar-refractivity contribution < 1.29 is 0 Å². The lowest BCUT2D eigenvalue weighted by atomic mass is 9.67. The lowest BCUT2D eigenvalue weighted by molar-refractivity contribution is 0.769. The van der Waals surface area contributed by atoms with E-state index in [9.17, 15) is 0 Å². The molecule has 13 rings (SSSR count). The molecule has 0 aliphatic heterocycles. The Morgan fingerprint density at radius 3 is 1.73 bits per heavy atom. The molecule has 1 aliphatic carbocycles. The predicted molar refractivity (Wildman–Crippen MR) is 281 cm³/mol. The Bertz CT molecular complexity index is 3790. The van der Waals surface area contributed by atoms with Crippen molar-refractivity contribution in [2.75, 3.05) is 4.90 Å². The summed E-state index contributed by atoms with van der Waals surface area (Å²) in [6, 6.07) is 98.0. The monoisotopic (exact) mass is 852 g/mol. The van der Waals surface area contributed by atoms with Crippen LogP contribution in [0.4, 0.5) is 17.1 Å². The molecule has 12 aromatic rings. The van der Waals surface area contributed by atoms with Crippen molar-refractivity contribution in [2.45, 2.75) is 5.41 Å². The van der Waals surface area contributed by atoms with Crippen molar-refractivity contribution in [3.63, 3.8) is 0 Å². The van der Waals surface area contributed by atoms with Crippen molar-refractivity contribution in [1.29, 1.82) is 0 Å². The zero-order chi connectivity index (χ0) is 44.3.